The highest BCUT2D eigenvalue weighted by Crippen LogP contribution is 2.33. The molecule has 0 saturated heterocycles. The van der Waals surface area contributed by atoms with Gasteiger partial charge in [-0.2, -0.15) is 0 Å². The van der Waals surface area contributed by atoms with Crippen LogP contribution in [0.15, 0.2) is 48.7 Å². The molecule has 1 aliphatic heterocycles. The number of ether oxygens (including phenoxy) is 1. The monoisotopic (exact) mass is 392 g/mol. The van der Waals surface area contributed by atoms with Crippen molar-refractivity contribution >= 4 is 17.9 Å². The lowest BCUT2D eigenvalue weighted by molar-refractivity contribution is -0.134. The third-order valence-corrected chi connectivity index (χ3v) is 5.15. The zero-order valence-electron chi connectivity index (χ0n) is 17.5. The zero-order valence-corrected chi connectivity index (χ0v) is 17.5. The van der Waals surface area contributed by atoms with Crippen molar-refractivity contribution in [2.75, 3.05) is 20.2 Å². The van der Waals surface area contributed by atoms with E-state index in [1.165, 1.54) is 6.92 Å². The first kappa shape index (κ1) is 20.6. The first-order valence-electron chi connectivity index (χ1n) is 9.86. The third kappa shape index (κ3) is 5.05. The minimum atomic E-state index is -0.288. The quantitative estimate of drug-likeness (QED) is 0.744. The van der Waals surface area contributed by atoms with Gasteiger partial charge < -0.3 is 14.5 Å². The van der Waals surface area contributed by atoms with Gasteiger partial charge in [0, 0.05) is 20.2 Å². The van der Waals surface area contributed by atoms with Gasteiger partial charge in [0.1, 0.15) is 12.4 Å². The summed E-state index contributed by atoms with van der Waals surface area (Å²) in [5.74, 6) is 0.724. The normalized spacial score (nSPS) is 15.0. The molecule has 0 saturated carbocycles. The topological polar surface area (TPSA) is 49.9 Å². The van der Waals surface area contributed by atoms with Crippen LogP contribution in [0.25, 0.3) is 6.08 Å². The maximum atomic E-state index is 12.8. The Morgan fingerprint density at radius 1 is 1.10 bits per heavy atom. The number of hydrogen-bond donors (Lipinski definition) is 0. The Hall–Kier alpha value is -3.08. The smallest absolute Gasteiger partial charge is 0.224 e. The van der Waals surface area contributed by atoms with Gasteiger partial charge in [-0.3, -0.25) is 9.59 Å². The summed E-state index contributed by atoms with van der Waals surface area (Å²) in [6, 6.07) is 13.7. The molecule has 0 N–H and O–H groups in total. The van der Waals surface area contributed by atoms with Gasteiger partial charge in [-0.25, -0.2) is 0 Å². The number of carbonyl (C=O) groups is 2. The molecule has 2 amide bonds. The van der Waals surface area contributed by atoms with E-state index >= 15 is 0 Å². The molecule has 152 valence electrons. The number of nitrogens with zero attached hydrogens (tertiary/aromatic N) is 2. The van der Waals surface area contributed by atoms with Gasteiger partial charge in [0.25, 0.3) is 0 Å². The van der Waals surface area contributed by atoms with Crippen molar-refractivity contribution < 1.29 is 14.3 Å². The van der Waals surface area contributed by atoms with Crippen LogP contribution in [-0.4, -0.2) is 41.8 Å². The van der Waals surface area contributed by atoms with E-state index in [9.17, 15) is 9.59 Å². The Labute approximate surface area is 172 Å². The van der Waals surface area contributed by atoms with Gasteiger partial charge >= 0.3 is 0 Å². The van der Waals surface area contributed by atoms with E-state index < -0.39 is 0 Å². The van der Waals surface area contributed by atoms with Crippen LogP contribution in [0.3, 0.4) is 0 Å². The van der Waals surface area contributed by atoms with Crippen molar-refractivity contribution in [1.29, 1.82) is 0 Å². The summed E-state index contributed by atoms with van der Waals surface area (Å²) in [4.78, 5) is 28.2. The van der Waals surface area contributed by atoms with E-state index in [2.05, 4.69) is 6.07 Å². The van der Waals surface area contributed by atoms with E-state index in [1.807, 2.05) is 56.3 Å². The molecule has 2 aromatic carbocycles. The molecule has 5 heteroatoms. The van der Waals surface area contributed by atoms with E-state index in [0.29, 0.717) is 13.2 Å². The second kappa shape index (κ2) is 8.95. The molecule has 1 aliphatic rings. The van der Waals surface area contributed by atoms with Gasteiger partial charge in [0.05, 0.1) is 19.0 Å². The van der Waals surface area contributed by atoms with Gasteiger partial charge in [-0.1, -0.05) is 30.3 Å². The van der Waals surface area contributed by atoms with Crippen molar-refractivity contribution in [3.05, 3.63) is 70.9 Å². The third-order valence-electron chi connectivity index (χ3n) is 5.15. The molecule has 5 nitrogen and oxygen atoms in total. The van der Waals surface area contributed by atoms with Crippen molar-refractivity contribution in [3.8, 4) is 5.75 Å². The van der Waals surface area contributed by atoms with Gasteiger partial charge in [-0.05, 0) is 54.3 Å². The molecule has 1 atom stereocenters. The molecule has 0 spiro atoms. The molecule has 1 unspecified atom stereocenters. The highest BCUT2D eigenvalue weighted by atomic mass is 16.5. The number of likely N-dealkylation sites (N-methyl/N-ethyl adjacent to an activating group) is 1. The minimum Gasteiger partial charge on any atom is -0.492 e. The first-order chi connectivity index (χ1) is 13.8. The van der Waals surface area contributed by atoms with Crippen LogP contribution in [0.1, 0.15) is 41.6 Å². The van der Waals surface area contributed by atoms with E-state index in [0.717, 1.165) is 28.0 Å². The fourth-order valence-electron chi connectivity index (χ4n) is 3.68. The lowest BCUT2D eigenvalue weighted by Crippen LogP contribution is -2.37. The summed E-state index contributed by atoms with van der Waals surface area (Å²) < 4.78 is 5.82. The molecule has 29 heavy (non-hydrogen) atoms. The van der Waals surface area contributed by atoms with Crippen LogP contribution in [0.4, 0.5) is 0 Å². The predicted octanol–water partition coefficient (Wildman–Crippen LogP) is 4.10. The highest BCUT2D eigenvalue weighted by molar-refractivity contribution is 5.81. The Balaban J connectivity index is 1.62. The number of hydrogen-bond acceptors (Lipinski definition) is 3. The van der Waals surface area contributed by atoms with E-state index in [1.54, 1.807) is 23.0 Å². The number of aryl methyl sites for hydroxylation is 2. The molecular weight excluding hydrogens is 364 g/mol. The van der Waals surface area contributed by atoms with E-state index in [-0.39, 0.29) is 24.3 Å². The SMILES string of the molecule is CC(=O)N1C=Cc2ccccc2C1CC(=O)N(C)CCOc1cc(C)cc(C)c1. The van der Waals surface area contributed by atoms with Crippen molar-refractivity contribution in [2.24, 2.45) is 0 Å². The average molecular weight is 392 g/mol. The molecule has 2 aromatic rings. The first-order valence-corrected chi connectivity index (χ1v) is 9.86. The van der Waals surface area contributed by atoms with Gasteiger partial charge in [0.2, 0.25) is 11.8 Å². The number of rotatable bonds is 6. The molecule has 0 aliphatic carbocycles. The van der Waals surface area contributed by atoms with Crippen LogP contribution >= 0.6 is 0 Å². The minimum absolute atomic E-state index is 0.0182. The Morgan fingerprint density at radius 3 is 2.48 bits per heavy atom. The number of carbonyl (C=O) groups excluding carboxylic acids is 2. The number of fused-ring (bicyclic) bond motifs is 1. The maximum Gasteiger partial charge on any atom is 0.224 e. The number of benzene rings is 2. The molecule has 3 rings (SSSR count). The van der Waals surface area contributed by atoms with Crippen LogP contribution in [-0.2, 0) is 9.59 Å². The standard InChI is InChI=1S/C24H28N2O3/c1-17-13-18(2)15-21(14-17)29-12-11-25(4)24(28)16-23-22-8-6-5-7-20(22)9-10-26(23)19(3)27/h5-10,13-15,23H,11-12,16H2,1-4H3. The Kier molecular flexibility index (Phi) is 6.37. The summed E-state index contributed by atoms with van der Waals surface area (Å²) in [6.07, 6.45) is 3.92. The van der Waals surface area contributed by atoms with Crippen LogP contribution < -0.4 is 4.74 Å². The van der Waals surface area contributed by atoms with Crippen LogP contribution in [0, 0.1) is 13.8 Å². The predicted molar refractivity (Wildman–Crippen MR) is 114 cm³/mol. The van der Waals surface area contributed by atoms with Crippen molar-refractivity contribution in [3.63, 3.8) is 0 Å². The van der Waals surface area contributed by atoms with E-state index in [4.69, 9.17) is 4.74 Å². The molecule has 0 aromatic heterocycles. The van der Waals surface area contributed by atoms with Crippen LogP contribution in [0.5, 0.6) is 5.75 Å². The summed E-state index contributed by atoms with van der Waals surface area (Å²) in [5.41, 5.74) is 4.34. The maximum absolute atomic E-state index is 12.8. The molecule has 1 heterocycles. The fraction of sp³-hybridized carbons (Fsp3) is 0.333. The van der Waals surface area contributed by atoms with Gasteiger partial charge in [-0.15, -0.1) is 0 Å². The lowest BCUT2D eigenvalue weighted by atomic mass is 9.93. The Bertz CT molecular complexity index is 915. The molecular formula is C24H28N2O3. The fourth-order valence-corrected chi connectivity index (χ4v) is 3.68. The van der Waals surface area contributed by atoms with Crippen molar-refractivity contribution in [1.82, 2.24) is 9.80 Å². The second-order valence-corrected chi connectivity index (χ2v) is 7.58. The summed E-state index contributed by atoms with van der Waals surface area (Å²) in [5, 5.41) is 0. The summed E-state index contributed by atoms with van der Waals surface area (Å²) >= 11 is 0. The summed E-state index contributed by atoms with van der Waals surface area (Å²) in [7, 11) is 1.77. The van der Waals surface area contributed by atoms with Gasteiger partial charge in [0.15, 0.2) is 0 Å². The lowest BCUT2D eigenvalue weighted by Gasteiger charge is -2.33. The summed E-state index contributed by atoms with van der Waals surface area (Å²) in [6.45, 7) is 6.50. The largest absolute Gasteiger partial charge is 0.492 e. The van der Waals surface area contributed by atoms with Crippen molar-refractivity contribution in [2.45, 2.75) is 33.2 Å². The Morgan fingerprint density at radius 2 is 1.79 bits per heavy atom. The second-order valence-electron chi connectivity index (χ2n) is 7.58. The molecule has 0 fully saturated rings. The number of amides is 2. The van der Waals surface area contributed by atoms with Crippen LogP contribution in [0.2, 0.25) is 0 Å². The molecule has 0 bridgehead atoms. The highest BCUT2D eigenvalue weighted by Gasteiger charge is 2.29. The zero-order chi connectivity index (χ0) is 21.0. The average Bonchev–Trinajstić information content (AvgIpc) is 2.67. The molecule has 0 radical (unpaired) electrons.